The molecule has 2 aromatic heterocycles. The van der Waals surface area contributed by atoms with E-state index in [-0.39, 0.29) is 5.56 Å². The number of halogens is 3. The molecule has 1 saturated carbocycles. The number of benzene rings is 1. The maximum absolute atomic E-state index is 13.0. The number of alkyl halides is 3. The molecule has 0 radical (unpaired) electrons. The van der Waals surface area contributed by atoms with Gasteiger partial charge in [0.05, 0.1) is 29.4 Å². The lowest BCUT2D eigenvalue weighted by Gasteiger charge is -2.18. The maximum Gasteiger partial charge on any atom is 0.573 e. The van der Waals surface area contributed by atoms with Crippen LogP contribution in [0.4, 0.5) is 13.2 Å². The Bertz CT molecular complexity index is 1220. The molecule has 33 heavy (non-hydrogen) atoms. The van der Waals surface area contributed by atoms with Crippen molar-refractivity contribution in [2.45, 2.75) is 37.6 Å². The second kappa shape index (κ2) is 8.46. The Hall–Kier alpha value is -4.07. The Balaban J connectivity index is 1.63. The topological polar surface area (TPSA) is 114 Å². The van der Waals surface area contributed by atoms with E-state index in [0.29, 0.717) is 35.5 Å². The van der Waals surface area contributed by atoms with Crippen molar-refractivity contribution >= 4 is 5.91 Å². The first-order valence-electron chi connectivity index (χ1n) is 9.91. The van der Waals surface area contributed by atoms with Gasteiger partial charge in [-0.15, -0.1) is 13.2 Å². The molecule has 1 aliphatic rings. The van der Waals surface area contributed by atoms with Gasteiger partial charge in [0, 0.05) is 30.4 Å². The van der Waals surface area contributed by atoms with Crippen LogP contribution in [0.1, 0.15) is 47.4 Å². The summed E-state index contributed by atoms with van der Waals surface area (Å²) in [5.41, 5.74) is 0.610. The number of nitrogens with zero attached hydrogens (tertiary/aromatic N) is 5. The van der Waals surface area contributed by atoms with Gasteiger partial charge in [-0.25, -0.2) is 0 Å². The number of nitrogens with one attached hydrogen (secondary N) is 1. The van der Waals surface area contributed by atoms with Crippen molar-refractivity contribution in [1.82, 2.24) is 25.3 Å². The number of carbonyl (C=O) groups excluding carboxylic acids is 1. The lowest BCUT2D eigenvalue weighted by molar-refractivity contribution is -0.274. The van der Waals surface area contributed by atoms with Crippen molar-refractivity contribution in [3.8, 4) is 23.2 Å². The highest BCUT2D eigenvalue weighted by atomic mass is 19.4. The summed E-state index contributed by atoms with van der Waals surface area (Å²) in [7, 11) is 0. The van der Waals surface area contributed by atoms with Crippen LogP contribution in [-0.4, -0.2) is 32.2 Å². The first kappa shape index (κ1) is 22.1. The zero-order valence-corrected chi connectivity index (χ0v) is 17.3. The monoisotopic (exact) mass is 454 g/mol. The average molecular weight is 454 g/mol. The van der Waals surface area contributed by atoms with E-state index in [2.05, 4.69) is 36.1 Å². The van der Waals surface area contributed by atoms with Crippen LogP contribution in [0.5, 0.6) is 5.75 Å². The molecule has 0 bridgehead atoms. The Labute approximate surface area is 186 Å². The molecular weight excluding hydrogens is 437 g/mol. The minimum atomic E-state index is -4.94. The SMILES string of the molecule is CC(NC(=O)c1cc(OC(F)(F)F)cc(C2(C#N)CC2)c1)c1nccnc1-c1cnccn1. The molecule has 168 valence electrons. The summed E-state index contributed by atoms with van der Waals surface area (Å²) in [5.74, 6) is -1.21. The van der Waals surface area contributed by atoms with Gasteiger partial charge in [-0.1, -0.05) is 0 Å². The molecule has 2 heterocycles. The van der Waals surface area contributed by atoms with Gasteiger partial charge in [-0.2, -0.15) is 5.26 Å². The van der Waals surface area contributed by atoms with E-state index in [1.807, 2.05) is 0 Å². The van der Waals surface area contributed by atoms with Crippen LogP contribution in [0.25, 0.3) is 11.4 Å². The largest absolute Gasteiger partial charge is 0.573 e. The molecule has 1 aromatic carbocycles. The van der Waals surface area contributed by atoms with Crippen molar-refractivity contribution in [3.05, 3.63) is 66.0 Å². The zero-order chi connectivity index (χ0) is 23.6. The van der Waals surface area contributed by atoms with Gasteiger partial charge in [0.15, 0.2) is 0 Å². The second-order valence-corrected chi connectivity index (χ2v) is 7.56. The molecule has 1 fully saturated rings. The zero-order valence-electron chi connectivity index (χ0n) is 17.3. The van der Waals surface area contributed by atoms with E-state index in [9.17, 15) is 23.2 Å². The molecule has 1 amide bonds. The van der Waals surface area contributed by atoms with E-state index < -0.39 is 29.5 Å². The van der Waals surface area contributed by atoms with Gasteiger partial charge < -0.3 is 10.1 Å². The summed E-state index contributed by atoms with van der Waals surface area (Å²) in [6, 6.07) is 5.02. The third kappa shape index (κ3) is 4.90. The predicted molar refractivity (Wildman–Crippen MR) is 109 cm³/mol. The van der Waals surface area contributed by atoms with Crippen molar-refractivity contribution in [2.75, 3.05) is 0 Å². The molecule has 0 saturated heterocycles. The number of nitriles is 1. The van der Waals surface area contributed by atoms with Crippen molar-refractivity contribution < 1.29 is 22.7 Å². The van der Waals surface area contributed by atoms with Gasteiger partial charge >= 0.3 is 6.36 Å². The minimum Gasteiger partial charge on any atom is -0.406 e. The Morgan fingerprint density at radius 3 is 2.52 bits per heavy atom. The number of aromatic nitrogens is 4. The summed E-state index contributed by atoms with van der Waals surface area (Å²) >= 11 is 0. The predicted octanol–water partition coefficient (Wildman–Crippen LogP) is 3.88. The molecule has 8 nitrogen and oxygen atoms in total. The number of ether oxygens (including phenoxy) is 1. The Kier molecular flexibility index (Phi) is 5.68. The standard InChI is InChI=1S/C22H17F3N6O2/c1-13(18-19(30-7-6-29-18)17-11-27-4-5-28-17)31-20(32)14-8-15(21(12-26)2-3-21)10-16(9-14)33-22(23,24)25/h4-11,13H,2-3H2,1H3,(H,31,32). The number of carbonyl (C=O) groups is 1. The maximum atomic E-state index is 13.0. The van der Waals surface area contributed by atoms with Gasteiger partial charge in [0.25, 0.3) is 5.91 Å². The van der Waals surface area contributed by atoms with Gasteiger partial charge in [-0.05, 0) is 43.5 Å². The fourth-order valence-corrected chi connectivity index (χ4v) is 3.42. The van der Waals surface area contributed by atoms with Crippen LogP contribution in [0, 0.1) is 11.3 Å². The normalized spacial score (nSPS) is 15.2. The Morgan fingerprint density at radius 2 is 1.88 bits per heavy atom. The van der Waals surface area contributed by atoms with Crippen molar-refractivity contribution in [3.63, 3.8) is 0 Å². The summed E-state index contributed by atoms with van der Waals surface area (Å²) in [4.78, 5) is 29.7. The molecule has 3 aromatic rings. The van der Waals surface area contributed by atoms with E-state index in [4.69, 9.17) is 0 Å². The third-order valence-electron chi connectivity index (χ3n) is 5.21. The Morgan fingerprint density at radius 1 is 1.15 bits per heavy atom. The molecular formula is C22H17F3N6O2. The number of hydrogen-bond donors (Lipinski definition) is 1. The highest BCUT2D eigenvalue weighted by Gasteiger charge is 2.46. The van der Waals surface area contributed by atoms with Crippen LogP contribution < -0.4 is 10.1 Å². The van der Waals surface area contributed by atoms with Crippen molar-refractivity contribution in [1.29, 1.82) is 5.26 Å². The minimum absolute atomic E-state index is 0.0648. The van der Waals surface area contributed by atoms with Crippen LogP contribution in [0.15, 0.2) is 49.2 Å². The first-order chi connectivity index (χ1) is 15.7. The number of rotatable bonds is 6. The number of hydrogen-bond acceptors (Lipinski definition) is 7. The summed E-state index contributed by atoms with van der Waals surface area (Å²) < 4.78 is 42.5. The van der Waals surface area contributed by atoms with Crippen LogP contribution in [0.3, 0.4) is 0 Å². The quantitative estimate of drug-likeness (QED) is 0.601. The smallest absolute Gasteiger partial charge is 0.406 e. The first-order valence-corrected chi connectivity index (χ1v) is 9.91. The van der Waals surface area contributed by atoms with Gasteiger partial charge in [0.2, 0.25) is 0 Å². The molecule has 1 atom stereocenters. The lowest BCUT2D eigenvalue weighted by atomic mass is 9.95. The second-order valence-electron chi connectivity index (χ2n) is 7.56. The molecule has 11 heteroatoms. The summed E-state index contributed by atoms with van der Waals surface area (Å²) in [5, 5.41) is 12.2. The molecule has 1 N–H and O–H groups in total. The van der Waals surface area contributed by atoms with E-state index >= 15 is 0 Å². The van der Waals surface area contributed by atoms with Crippen LogP contribution in [-0.2, 0) is 5.41 Å². The molecule has 0 spiro atoms. The van der Waals surface area contributed by atoms with Crippen molar-refractivity contribution in [2.24, 2.45) is 0 Å². The van der Waals surface area contributed by atoms with E-state index in [0.717, 1.165) is 12.1 Å². The summed E-state index contributed by atoms with van der Waals surface area (Å²) in [6.45, 7) is 1.66. The van der Waals surface area contributed by atoms with Crippen LogP contribution >= 0.6 is 0 Å². The lowest BCUT2D eigenvalue weighted by Crippen LogP contribution is -2.28. The molecule has 0 aliphatic heterocycles. The fourth-order valence-electron chi connectivity index (χ4n) is 3.42. The third-order valence-corrected chi connectivity index (χ3v) is 5.21. The van der Waals surface area contributed by atoms with Crippen LogP contribution in [0.2, 0.25) is 0 Å². The van der Waals surface area contributed by atoms with E-state index in [1.54, 1.807) is 6.92 Å². The van der Waals surface area contributed by atoms with Gasteiger partial charge in [-0.3, -0.25) is 24.7 Å². The van der Waals surface area contributed by atoms with Gasteiger partial charge in [0.1, 0.15) is 17.1 Å². The van der Waals surface area contributed by atoms with E-state index in [1.165, 1.54) is 37.1 Å². The molecule has 1 unspecified atom stereocenters. The highest BCUT2D eigenvalue weighted by Crippen LogP contribution is 2.48. The highest BCUT2D eigenvalue weighted by molar-refractivity contribution is 5.95. The summed E-state index contributed by atoms with van der Waals surface area (Å²) in [6.07, 6.45) is 3.49. The average Bonchev–Trinajstić information content (AvgIpc) is 3.60. The molecule has 4 rings (SSSR count). The molecule has 1 aliphatic carbocycles. The number of amides is 1. The fraction of sp³-hybridized carbons (Fsp3) is 0.273.